The Morgan fingerprint density at radius 1 is 1.11 bits per heavy atom. The second-order valence-corrected chi connectivity index (χ2v) is 10.6. The summed E-state index contributed by atoms with van der Waals surface area (Å²) >= 11 is 2.90. The van der Waals surface area contributed by atoms with Gasteiger partial charge in [0.2, 0.25) is 0 Å². The lowest BCUT2D eigenvalue weighted by Gasteiger charge is -2.24. The molecule has 37 heavy (non-hydrogen) atoms. The molecule has 0 spiro atoms. The molecule has 0 saturated carbocycles. The van der Waals surface area contributed by atoms with Crippen molar-refractivity contribution >= 4 is 46.2 Å². The highest BCUT2D eigenvalue weighted by atomic mass is 32.2. The van der Waals surface area contributed by atoms with Crippen molar-refractivity contribution in [1.29, 1.82) is 0 Å². The third-order valence-corrected chi connectivity index (χ3v) is 8.27. The number of carbonyl (C=O) groups is 1. The van der Waals surface area contributed by atoms with E-state index in [1.54, 1.807) is 59.5 Å². The zero-order chi connectivity index (χ0) is 26.4. The number of allylic oxidation sites excluding steroid dienone is 1. The lowest BCUT2D eigenvalue weighted by molar-refractivity contribution is -0.139. The maximum Gasteiger partial charge on any atom is 0.338 e. The largest absolute Gasteiger partial charge is 0.463 e. The van der Waals surface area contributed by atoms with Crippen LogP contribution in [-0.2, 0) is 23.6 Å². The zero-order valence-corrected chi connectivity index (χ0v) is 22.8. The van der Waals surface area contributed by atoms with Crippen LogP contribution >= 0.6 is 23.1 Å². The molecule has 0 aliphatic carbocycles. The molecule has 0 amide bonds. The zero-order valence-electron chi connectivity index (χ0n) is 21.1. The molecular weight excluding hydrogens is 508 g/mol. The Balaban J connectivity index is 1.71. The molecule has 5 rings (SSSR count). The summed E-state index contributed by atoms with van der Waals surface area (Å²) in [6.07, 6.45) is 3.80. The highest BCUT2D eigenvalue weighted by molar-refractivity contribution is 7.98. The average molecular weight is 535 g/mol. The Bertz CT molecular complexity index is 1820. The van der Waals surface area contributed by atoms with Crippen LogP contribution < -0.4 is 20.6 Å². The van der Waals surface area contributed by atoms with E-state index in [-0.39, 0.29) is 17.9 Å². The second kappa shape index (κ2) is 9.68. The molecule has 0 unspecified atom stereocenters. The summed E-state index contributed by atoms with van der Waals surface area (Å²) in [7, 11) is 3.46. The molecule has 1 atom stereocenters. The first-order valence-electron chi connectivity index (χ1n) is 11.7. The van der Waals surface area contributed by atoms with Gasteiger partial charge in [-0.05, 0) is 61.6 Å². The molecule has 0 bridgehead atoms. The fraction of sp³-hybridized carbons (Fsp3) is 0.259. The van der Waals surface area contributed by atoms with Gasteiger partial charge in [0.15, 0.2) is 4.80 Å². The van der Waals surface area contributed by atoms with Gasteiger partial charge in [-0.3, -0.25) is 18.5 Å². The van der Waals surface area contributed by atoms with Crippen LogP contribution in [0.25, 0.3) is 17.1 Å². The minimum Gasteiger partial charge on any atom is -0.463 e. The van der Waals surface area contributed by atoms with E-state index < -0.39 is 12.0 Å². The van der Waals surface area contributed by atoms with Crippen LogP contribution in [0.5, 0.6) is 0 Å². The van der Waals surface area contributed by atoms with Crippen LogP contribution in [0.15, 0.2) is 73.2 Å². The number of nitrogens with zero attached hydrogens (tertiary/aromatic N) is 4. The molecule has 1 aliphatic heterocycles. The number of fused-ring (bicyclic) bond motifs is 2. The number of ether oxygens (including phenoxy) is 1. The van der Waals surface area contributed by atoms with Crippen LogP contribution in [0.4, 0.5) is 0 Å². The van der Waals surface area contributed by atoms with Crippen LogP contribution in [0.1, 0.15) is 31.0 Å². The third-order valence-electron chi connectivity index (χ3n) is 6.54. The highest BCUT2D eigenvalue weighted by Gasteiger charge is 2.33. The summed E-state index contributed by atoms with van der Waals surface area (Å²) in [6.45, 7) is 3.75. The molecule has 2 aromatic heterocycles. The van der Waals surface area contributed by atoms with Crippen molar-refractivity contribution in [3.05, 3.63) is 95.0 Å². The van der Waals surface area contributed by atoms with E-state index in [1.807, 2.05) is 48.7 Å². The number of aromatic nitrogens is 3. The first-order chi connectivity index (χ1) is 17.7. The van der Waals surface area contributed by atoms with Crippen LogP contribution in [0, 0.1) is 0 Å². The van der Waals surface area contributed by atoms with Crippen molar-refractivity contribution in [3.63, 3.8) is 0 Å². The van der Waals surface area contributed by atoms with Gasteiger partial charge in [0, 0.05) is 19.0 Å². The van der Waals surface area contributed by atoms with Crippen molar-refractivity contribution in [3.8, 4) is 0 Å². The molecule has 3 heterocycles. The monoisotopic (exact) mass is 534 g/mol. The number of carbonyl (C=O) groups excluding carboxylic acids is 1. The Morgan fingerprint density at radius 3 is 2.49 bits per heavy atom. The predicted molar refractivity (Wildman–Crippen MR) is 147 cm³/mol. The normalized spacial score (nSPS) is 15.7. The fourth-order valence-electron chi connectivity index (χ4n) is 4.66. The van der Waals surface area contributed by atoms with Crippen molar-refractivity contribution in [1.82, 2.24) is 13.7 Å². The Labute approximate surface area is 220 Å². The number of thioether (sulfide) groups is 1. The van der Waals surface area contributed by atoms with E-state index in [1.165, 1.54) is 11.3 Å². The summed E-state index contributed by atoms with van der Waals surface area (Å²) in [4.78, 5) is 45.4. The van der Waals surface area contributed by atoms with E-state index in [9.17, 15) is 14.4 Å². The SMILES string of the molecule is CCOC(=O)C1=C(C)N=c2s/c(=C/c3ccc4c(c3)n(C)c(=O)n4C)c(=O)n2[C@H]1c1ccc(SC)cc1. The van der Waals surface area contributed by atoms with E-state index in [0.717, 1.165) is 27.1 Å². The minimum atomic E-state index is -0.647. The summed E-state index contributed by atoms with van der Waals surface area (Å²) in [6, 6.07) is 12.8. The summed E-state index contributed by atoms with van der Waals surface area (Å²) in [5.41, 5.74) is 3.74. The average Bonchev–Trinajstić information content (AvgIpc) is 3.31. The van der Waals surface area contributed by atoms with Gasteiger partial charge < -0.3 is 4.74 Å². The Hall–Kier alpha value is -3.63. The number of esters is 1. The Kier molecular flexibility index (Phi) is 6.55. The fourth-order valence-corrected chi connectivity index (χ4v) is 6.11. The Morgan fingerprint density at radius 2 is 1.81 bits per heavy atom. The molecule has 10 heteroatoms. The van der Waals surface area contributed by atoms with Crippen LogP contribution in [0.3, 0.4) is 0 Å². The molecule has 2 aromatic carbocycles. The summed E-state index contributed by atoms with van der Waals surface area (Å²) in [5, 5.41) is 0. The molecule has 190 valence electrons. The molecule has 0 fully saturated rings. The van der Waals surface area contributed by atoms with Gasteiger partial charge in [-0.2, -0.15) is 0 Å². The van der Waals surface area contributed by atoms with Gasteiger partial charge in [-0.1, -0.05) is 29.5 Å². The number of thiazole rings is 1. The number of rotatable bonds is 5. The van der Waals surface area contributed by atoms with Crippen molar-refractivity contribution in [2.45, 2.75) is 24.8 Å². The number of hydrogen-bond acceptors (Lipinski definition) is 7. The van der Waals surface area contributed by atoms with Crippen LogP contribution in [0.2, 0.25) is 0 Å². The molecule has 0 radical (unpaired) electrons. The van der Waals surface area contributed by atoms with Gasteiger partial charge in [-0.15, -0.1) is 11.8 Å². The van der Waals surface area contributed by atoms with Gasteiger partial charge in [0.05, 0.1) is 39.5 Å². The van der Waals surface area contributed by atoms with E-state index in [4.69, 9.17) is 4.74 Å². The summed E-state index contributed by atoms with van der Waals surface area (Å²) in [5.74, 6) is -0.479. The number of aryl methyl sites for hydroxylation is 2. The maximum atomic E-state index is 13.8. The van der Waals surface area contributed by atoms with Gasteiger partial charge in [0.25, 0.3) is 5.56 Å². The van der Waals surface area contributed by atoms with E-state index >= 15 is 0 Å². The topological polar surface area (TPSA) is 87.6 Å². The first kappa shape index (κ1) is 25.0. The molecule has 4 aromatic rings. The van der Waals surface area contributed by atoms with E-state index in [0.29, 0.717) is 20.6 Å². The van der Waals surface area contributed by atoms with Gasteiger partial charge in [0.1, 0.15) is 0 Å². The van der Waals surface area contributed by atoms with Crippen molar-refractivity contribution in [2.24, 2.45) is 19.1 Å². The van der Waals surface area contributed by atoms with Crippen molar-refractivity contribution < 1.29 is 9.53 Å². The maximum absolute atomic E-state index is 13.8. The molecule has 0 saturated heterocycles. The standard InChI is InChI=1S/C27H26N4O4S2/c1-6-35-25(33)22-15(2)28-26-31(23(22)17-8-10-18(36-5)11-9-17)24(32)21(37-26)14-16-7-12-19-20(13-16)30(4)27(34)29(19)3/h7-14,23H,6H2,1-5H3/b21-14+/t23-/m0/s1. The second-order valence-electron chi connectivity index (χ2n) is 8.72. The predicted octanol–water partition coefficient (Wildman–Crippen LogP) is 2.71. The highest BCUT2D eigenvalue weighted by Crippen LogP contribution is 2.31. The molecular formula is C27H26N4O4S2. The lowest BCUT2D eigenvalue weighted by atomic mass is 9.96. The summed E-state index contributed by atoms with van der Waals surface area (Å²) < 4.78 is 10.6. The first-order valence-corrected chi connectivity index (χ1v) is 13.8. The molecule has 8 nitrogen and oxygen atoms in total. The van der Waals surface area contributed by atoms with Crippen molar-refractivity contribution in [2.75, 3.05) is 12.9 Å². The minimum absolute atomic E-state index is 0.110. The number of hydrogen-bond donors (Lipinski definition) is 0. The van der Waals surface area contributed by atoms with Gasteiger partial charge in [-0.25, -0.2) is 14.6 Å². The number of benzene rings is 2. The van der Waals surface area contributed by atoms with Crippen LogP contribution in [-0.4, -0.2) is 32.5 Å². The van der Waals surface area contributed by atoms with E-state index in [2.05, 4.69) is 4.99 Å². The smallest absolute Gasteiger partial charge is 0.338 e. The number of imidazole rings is 1. The molecule has 1 aliphatic rings. The quantitative estimate of drug-likeness (QED) is 0.290. The molecule has 0 N–H and O–H groups in total. The van der Waals surface area contributed by atoms with Gasteiger partial charge >= 0.3 is 11.7 Å². The third kappa shape index (κ3) is 4.19. The lowest BCUT2D eigenvalue weighted by Crippen LogP contribution is -2.39.